The van der Waals surface area contributed by atoms with E-state index in [4.69, 9.17) is 5.73 Å². The molecule has 1 nitrogen and oxygen atoms in total. The van der Waals surface area contributed by atoms with Gasteiger partial charge in [0.05, 0.1) is 0 Å². The Morgan fingerprint density at radius 1 is 1.29 bits per heavy atom. The van der Waals surface area contributed by atoms with Crippen LogP contribution in [0.15, 0.2) is 18.2 Å². The lowest BCUT2D eigenvalue weighted by Crippen LogP contribution is -1.99. The summed E-state index contributed by atoms with van der Waals surface area (Å²) in [6.07, 6.45) is 1.12. The molecule has 0 saturated heterocycles. The third-order valence-corrected chi connectivity index (χ3v) is 3.35. The van der Waals surface area contributed by atoms with Crippen LogP contribution in [0.3, 0.4) is 0 Å². The van der Waals surface area contributed by atoms with Gasteiger partial charge in [0.15, 0.2) is 0 Å². The monoisotopic (exact) mass is 209 g/mol. The average molecular weight is 209 g/mol. The van der Waals surface area contributed by atoms with Crippen molar-refractivity contribution in [2.45, 2.75) is 26.0 Å². The molecular formula is C12H19NS. The number of nitrogens with two attached hydrogens (primary N) is 1. The van der Waals surface area contributed by atoms with E-state index in [9.17, 15) is 0 Å². The summed E-state index contributed by atoms with van der Waals surface area (Å²) in [5.41, 5.74) is 9.66. The van der Waals surface area contributed by atoms with Gasteiger partial charge in [-0.25, -0.2) is 0 Å². The number of hydrogen-bond donors (Lipinski definition) is 1. The second-order valence-electron chi connectivity index (χ2n) is 3.62. The Bertz CT molecular complexity index is 284. The molecule has 0 unspecified atom stereocenters. The largest absolute Gasteiger partial charge is 0.330 e. The minimum atomic E-state index is 0.805. The number of hydrogen-bond acceptors (Lipinski definition) is 2. The van der Waals surface area contributed by atoms with Crippen molar-refractivity contribution in [2.24, 2.45) is 5.73 Å². The Morgan fingerprint density at radius 3 is 2.79 bits per heavy atom. The highest BCUT2D eigenvalue weighted by atomic mass is 32.2. The summed E-state index contributed by atoms with van der Waals surface area (Å²) in [6.45, 7) is 5.13. The van der Waals surface area contributed by atoms with Crippen LogP contribution in [0, 0.1) is 13.8 Å². The zero-order valence-corrected chi connectivity index (χ0v) is 9.86. The third-order valence-electron chi connectivity index (χ3n) is 2.25. The Morgan fingerprint density at radius 2 is 2.07 bits per heavy atom. The highest BCUT2D eigenvalue weighted by molar-refractivity contribution is 7.98. The van der Waals surface area contributed by atoms with E-state index < -0.39 is 0 Å². The molecular weight excluding hydrogens is 190 g/mol. The molecule has 0 heterocycles. The Labute approximate surface area is 91.1 Å². The zero-order valence-electron chi connectivity index (χ0n) is 9.05. The smallest absolute Gasteiger partial charge is 0.0187 e. The van der Waals surface area contributed by atoms with Gasteiger partial charge in [0.2, 0.25) is 0 Å². The van der Waals surface area contributed by atoms with Crippen molar-refractivity contribution in [3.63, 3.8) is 0 Å². The molecule has 2 N–H and O–H groups in total. The second kappa shape index (κ2) is 6.10. The molecule has 0 fully saturated rings. The van der Waals surface area contributed by atoms with Gasteiger partial charge in [-0.15, -0.1) is 0 Å². The maximum Gasteiger partial charge on any atom is 0.0187 e. The molecule has 0 aliphatic carbocycles. The van der Waals surface area contributed by atoms with Crippen molar-refractivity contribution in [3.05, 3.63) is 34.9 Å². The minimum Gasteiger partial charge on any atom is -0.330 e. The van der Waals surface area contributed by atoms with Crippen molar-refractivity contribution in [1.82, 2.24) is 0 Å². The predicted molar refractivity (Wildman–Crippen MR) is 65.7 cm³/mol. The molecule has 0 saturated carbocycles. The normalized spacial score (nSPS) is 10.5. The van der Waals surface area contributed by atoms with Crippen molar-refractivity contribution in [2.75, 3.05) is 12.3 Å². The van der Waals surface area contributed by atoms with Gasteiger partial charge >= 0.3 is 0 Å². The topological polar surface area (TPSA) is 26.0 Å². The maximum absolute atomic E-state index is 5.45. The summed E-state index contributed by atoms with van der Waals surface area (Å²) in [6, 6.07) is 6.66. The summed E-state index contributed by atoms with van der Waals surface area (Å²) in [7, 11) is 0. The van der Waals surface area contributed by atoms with Crippen LogP contribution in [0.25, 0.3) is 0 Å². The van der Waals surface area contributed by atoms with Crippen molar-refractivity contribution in [1.29, 1.82) is 0 Å². The molecule has 1 aromatic rings. The lowest BCUT2D eigenvalue weighted by atomic mass is 10.1. The van der Waals surface area contributed by atoms with Crippen LogP contribution in [0.4, 0.5) is 0 Å². The molecule has 0 spiro atoms. The first kappa shape index (κ1) is 11.6. The maximum atomic E-state index is 5.45. The SMILES string of the molecule is Cc1ccc(C)c(CSCCCN)c1. The number of thioether (sulfide) groups is 1. The van der Waals surface area contributed by atoms with Crippen molar-refractivity contribution in [3.8, 4) is 0 Å². The van der Waals surface area contributed by atoms with Gasteiger partial charge in [-0.2, -0.15) is 11.8 Å². The van der Waals surface area contributed by atoms with E-state index >= 15 is 0 Å². The van der Waals surface area contributed by atoms with Crippen LogP contribution in [-0.2, 0) is 5.75 Å². The molecule has 2 heteroatoms. The van der Waals surface area contributed by atoms with Crippen molar-refractivity contribution >= 4 is 11.8 Å². The molecule has 14 heavy (non-hydrogen) atoms. The van der Waals surface area contributed by atoms with Crippen LogP contribution >= 0.6 is 11.8 Å². The molecule has 1 aromatic carbocycles. The van der Waals surface area contributed by atoms with Crippen LogP contribution in [0.1, 0.15) is 23.1 Å². The highest BCUT2D eigenvalue weighted by Gasteiger charge is 1.98. The van der Waals surface area contributed by atoms with Gasteiger partial charge in [-0.1, -0.05) is 23.8 Å². The van der Waals surface area contributed by atoms with Gasteiger partial charge in [-0.05, 0) is 43.7 Å². The predicted octanol–water partition coefficient (Wildman–Crippen LogP) is 2.89. The average Bonchev–Trinajstić information content (AvgIpc) is 2.18. The van der Waals surface area contributed by atoms with E-state index in [0.717, 1.165) is 18.7 Å². The minimum absolute atomic E-state index is 0.805. The quantitative estimate of drug-likeness (QED) is 0.755. The number of benzene rings is 1. The van der Waals surface area contributed by atoms with E-state index in [0.29, 0.717) is 0 Å². The summed E-state index contributed by atoms with van der Waals surface area (Å²) in [4.78, 5) is 0. The molecule has 0 radical (unpaired) electrons. The third kappa shape index (κ3) is 3.72. The first-order valence-corrected chi connectivity index (χ1v) is 6.23. The number of aryl methyl sites for hydroxylation is 2. The van der Waals surface area contributed by atoms with Gasteiger partial charge < -0.3 is 5.73 Å². The first-order chi connectivity index (χ1) is 6.74. The van der Waals surface area contributed by atoms with Gasteiger partial charge in [0.1, 0.15) is 0 Å². The molecule has 0 bridgehead atoms. The summed E-state index contributed by atoms with van der Waals surface area (Å²) in [5.74, 6) is 2.29. The molecule has 0 aliphatic rings. The van der Waals surface area contributed by atoms with Crippen LogP contribution in [0.2, 0.25) is 0 Å². The Hall–Kier alpha value is -0.470. The van der Waals surface area contributed by atoms with Gasteiger partial charge in [-0.3, -0.25) is 0 Å². The van der Waals surface area contributed by atoms with E-state index in [1.807, 2.05) is 11.8 Å². The van der Waals surface area contributed by atoms with Gasteiger partial charge in [0.25, 0.3) is 0 Å². The first-order valence-electron chi connectivity index (χ1n) is 5.08. The molecule has 78 valence electrons. The molecule has 0 atom stereocenters. The van der Waals surface area contributed by atoms with Crippen LogP contribution in [0.5, 0.6) is 0 Å². The molecule has 0 aromatic heterocycles. The van der Waals surface area contributed by atoms with E-state index in [1.165, 1.54) is 22.4 Å². The lowest BCUT2D eigenvalue weighted by molar-refractivity contribution is 0.943. The lowest BCUT2D eigenvalue weighted by Gasteiger charge is -2.06. The van der Waals surface area contributed by atoms with Crippen LogP contribution < -0.4 is 5.73 Å². The fourth-order valence-electron chi connectivity index (χ4n) is 1.32. The Balaban J connectivity index is 2.45. The standard InChI is InChI=1S/C12H19NS/c1-10-4-5-11(2)12(8-10)9-14-7-3-6-13/h4-5,8H,3,6-7,9,13H2,1-2H3. The summed E-state index contributed by atoms with van der Waals surface area (Å²) in [5, 5.41) is 0. The fraction of sp³-hybridized carbons (Fsp3) is 0.500. The molecule has 1 rings (SSSR count). The molecule has 0 amide bonds. The van der Waals surface area contributed by atoms with Crippen LogP contribution in [-0.4, -0.2) is 12.3 Å². The number of rotatable bonds is 5. The zero-order chi connectivity index (χ0) is 10.4. The summed E-state index contributed by atoms with van der Waals surface area (Å²) < 4.78 is 0. The Kier molecular flexibility index (Phi) is 5.05. The fourth-order valence-corrected chi connectivity index (χ4v) is 2.37. The highest BCUT2D eigenvalue weighted by Crippen LogP contribution is 2.17. The molecule has 0 aliphatic heterocycles. The van der Waals surface area contributed by atoms with E-state index in [2.05, 4.69) is 32.0 Å². The van der Waals surface area contributed by atoms with Gasteiger partial charge in [0, 0.05) is 5.75 Å². The summed E-state index contributed by atoms with van der Waals surface area (Å²) >= 11 is 1.97. The second-order valence-corrected chi connectivity index (χ2v) is 4.73. The van der Waals surface area contributed by atoms with E-state index in [-0.39, 0.29) is 0 Å². The van der Waals surface area contributed by atoms with E-state index in [1.54, 1.807) is 0 Å². The van der Waals surface area contributed by atoms with Crippen molar-refractivity contribution < 1.29 is 0 Å².